The van der Waals surface area contributed by atoms with E-state index in [0.29, 0.717) is 18.5 Å². The quantitative estimate of drug-likeness (QED) is 0.789. The van der Waals surface area contributed by atoms with Gasteiger partial charge in [0.1, 0.15) is 4.90 Å². The van der Waals surface area contributed by atoms with Crippen LogP contribution in [-0.4, -0.2) is 26.0 Å². The van der Waals surface area contributed by atoms with Crippen LogP contribution in [0.5, 0.6) is 0 Å². The Bertz CT molecular complexity index is 596. The van der Waals surface area contributed by atoms with Gasteiger partial charge < -0.3 is 5.11 Å². The number of rotatable bonds is 6. The van der Waals surface area contributed by atoms with Crippen LogP contribution in [0.15, 0.2) is 29.2 Å². The van der Waals surface area contributed by atoms with Crippen molar-refractivity contribution in [1.82, 2.24) is 4.72 Å². The number of carboxylic acids is 1. The third-order valence-corrected chi connectivity index (χ3v) is 4.15. The number of aliphatic carboxylic acids is 1. The van der Waals surface area contributed by atoms with Crippen LogP contribution in [-0.2, 0) is 14.8 Å². The smallest absolute Gasteiger partial charge is 0.328 e. The molecule has 1 aromatic rings. The highest BCUT2D eigenvalue weighted by molar-refractivity contribution is 7.89. The Hall–Kier alpha value is -1.37. The highest BCUT2D eigenvalue weighted by atomic mass is 35.5. The van der Waals surface area contributed by atoms with E-state index in [1.807, 2.05) is 6.92 Å². The Labute approximate surface area is 117 Å². The van der Waals surface area contributed by atoms with Gasteiger partial charge in [0.25, 0.3) is 0 Å². The second-order valence-corrected chi connectivity index (χ2v) is 5.90. The van der Waals surface area contributed by atoms with Crippen molar-refractivity contribution >= 4 is 33.7 Å². The van der Waals surface area contributed by atoms with Gasteiger partial charge in [-0.05, 0) is 30.2 Å². The molecule has 2 N–H and O–H groups in total. The minimum Gasteiger partial charge on any atom is -0.478 e. The number of nitrogens with one attached hydrogen (secondary N) is 1. The first-order valence-electron chi connectivity index (χ1n) is 5.57. The van der Waals surface area contributed by atoms with Crippen LogP contribution in [0.4, 0.5) is 0 Å². The van der Waals surface area contributed by atoms with E-state index in [1.165, 1.54) is 24.3 Å². The summed E-state index contributed by atoms with van der Waals surface area (Å²) in [5.41, 5.74) is 0.516. The van der Waals surface area contributed by atoms with Gasteiger partial charge in [-0.15, -0.1) is 0 Å². The molecule has 0 saturated heterocycles. The maximum atomic E-state index is 11.9. The Morgan fingerprint density at radius 3 is 2.68 bits per heavy atom. The average molecular weight is 304 g/mol. The van der Waals surface area contributed by atoms with Crippen LogP contribution < -0.4 is 4.72 Å². The summed E-state index contributed by atoms with van der Waals surface area (Å²) < 4.78 is 26.2. The van der Waals surface area contributed by atoms with E-state index >= 15 is 0 Å². The molecule has 19 heavy (non-hydrogen) atoms. The Morgan fingerprint density at radius 2 is 2.16 bits per heavy atom. The summed E-state index contributed by atoms with van der Waals surface area (Å²) in [6.45, 7) is 2.18. The van der Waals surface area contributed by atoms with E-state index in [0.717, 1.165) is 6.08 Å². The fourth-order valence-electron chi connectivity index (χ4n) is 1.32. The van der Waals surface area contributed by atoms with Gasteiger partial charge in [0, 0.05) is 12.6 Å². The van der Waals surface area contributed by atoms with E-state index < -0.39 is 16.0 Å². The third kappa shape index (κ3) is 4.66. The number of benzene rings is 1. The van der Waals surface area contributed by atoms with Crippen molar-refractivity contribution in [3.05, 3.63) is 34.9 Å². The summed E-state index contributed by atoms with van der Waals surface area (Å²) in [5, 5.41) is 8.55. The molecule has 0 atom stereocenters. The summed E-state index contributed by atoms with van der Waals surface area (Å²) in [4.78, 5) is 10.4. The number of carbonyl (C=O) groups is 1. The van der Waals surface area contributed by atoms with E-state index in [9.17, 15) is 13.2 Å². The maximum absolute atomic E-state index is 11.9. The van der Waals surface area contributed by atoms with Crippen LogP contribution in [0, 0.1) is 0 Å². The first-order chi connectivity index (χ1) is 8.86. The number of hydrogen-bond donors (Lipinski definition) is 2. The Kier molecular flexibility index (Phi) is 5.53. The molecule has 0 heterocycles. The summed E-state index contributed by atoms with van der Waals surface area (Å²) in [6, 6.07) is 4.25. The van der Waals surface area contributed by atoms with Crippen LogP contribution in [0.25, 0.3) is 6.08 Å². The summed E-state index contributed by atoms with van der Waals surface area (Å²) in [7, 11) is -3.62. The lowest BCUT2D eigenvalue weighted by Crippen LogP contribution is -2.24. The lowest BCUT2D eigenvalue weighted by Gasteiger charge is -2.07. The molecular weight excluding hydrogens is 290 g/mol. The molecule has 0 saturated carbocycles. The van der Waals surface area contributed by atoms with Gasteiger partial charge in [-0.2, -0.15) is 0 Å². The number of carboxylic acid groups (broad SMARTS) is 1. The minimum absolute atomic E-state index is 0.0184. The molecule has 104 valence electrons. The van der Waals surface area contributed by atoms with Gasteiger partial charge in [0.05, 0.1) is 5.02 Å². The molecule has 0 aromatic heterocycles. The largest absolute Gasteiger partial charge is 0.478 e. The molecule has 1 rings (SSSR count). The van der Waals surface area contributed by atoms with E-state index in [1.54, 1.807) is 0 Å². The standard InChI is InChI=1S/C12H14ClNO4S/c1-2-7-14-19(17,18)11-5-3-9(8-10(11)13)4-6-12(15)16/h3-6,8,14H,2,7H2,1H3,(H,15,16). The molecule has 0 aliphatic rings. The second kappa shape index (κ2) is 6.70. The van der Waals surface area contributed by atoms with Crippen molar-refractivity contribution in [1.29, 1.82) is 0 Å². The predicted octanol–water partition coefficient (Wildman–Crippen LogP) is 2.13. The SMILES string of the molecule is CCCNS(=O)(=O)c1ccc(C=CC(=O)O)cc1Cl. The average Bonchev–Trinajstić information content (AvgIpc) is 2.33. The van der Waals surface area contributed by atoms with Gasteiger partial charge >= 0.3 is 5.97 Å². The molecule has 0 bridgehead atoms. The number of hydrogen-bond acceptors (Lipinski definition) is 3. The highest BCUT2D eigenvalue weighted by Crippen LogP contribution is 2.23. The highest BCUT2D eigenvalue weighted by Gasteiger charge is 2.16. The third-order valence-electron chi connectivity index (χ3n) is 2.21. The maximum Gasteiger partial charge on any atom is 0.328 e. The zero-order chi connectivity index (χ0) is 14.5. The van der Waals surface area contributed by atoms with Gasteiger partial charge in [-0.25, -0.2) is 17.9 Å². The second-order valence-electron chi connectivity index (χ2n) is 3.76. The fourth-order valence-corrected chi connectivity index (χ4v) is 3.01. The topological polar surface area (TPSA) is 83.5 Å². The zero-order valence-corrected chi connectivity index (χ0v) is 11.8. The molecule has 0 unspecified atom stereocenters. The molecule has 0 amide bonds. The van der Waals surface area contributed by atoms with Gasteiger partial charge in [0.15, 0.2) is 0 Å². The fraction of sp³-hybridized carbons (Fsp3) is 0.250. The van der Waals surface area contributed by atoms with Gasteiger partial charge in [0.2, 0.25) is 10.0 Å². The molecule has 1 aromatic carbocycles. The van der Waals surface area contributed by atoms with Crippen LogP contribution in [0.2, 0.25) is 5.02 Å². The van der Waals surface area contributed by atoms with E-state index in [4.69, 9.17) is 16.7 Å². The minimum atomic E-state index is -3.62. The van der Waals surface area contributed by atoms with Crippen molar-refractivity contribution in [2.24, 2.45) is 0 Å². The summed E-state index contributed by atoms with van der Waals surface area (Å²) in [6.07, 6.45) is 2.97. The molecule has 7 heteroatoms. The predicted molar refractivity (Wildman–Crippen MR) is 73.6 cm³/mol. The Morgan fingerprint density at radius 1 is 1.47 bits per heavy atom. The van der Waals surface area contributed by atoms with Crippen LogP contribution in [0.1, 0.15) is 18.9 Å². The van der Waals surface area contributed by atoms with Crippen LogP contribution >= 0.6 is 11.6 Å². The zero-order valence-electron chi connectivity index (χ0n) is 10.3. The lowest BCUT2D eigenvalue weighted by atomic mass is 10.2. The normalized spacial score (nSPS) is 11.9. The van der Waals surface area contributed by atoms with Crippen molar-refractivity contribution < 1.29 is 18.3 Å². The number of sulfonamides is 1. The van der Waals surface area contributed by atoms with Crippen molar-refractivity contribution in [3.63, 3.8) is 0 Å². The Balaban J connectivity index is 3.04. The molecule has 0 spiro atoms. The number of halogens is 1. The van der Waals surface area contributed by atoms with Crippen molar-refractivity contribution in [3.8, 4) is 0 Å². The van der Waals surface area contributed by atoms with Gasteiger partial charge in [-0.1, -0.05) is 24.6 Å². The molecule has 0 aliphatic carbocycles. The van der Waals surface area contributed by atoms with Crippen LogP contribution in [0.3, 0.4) is 0 Å². The molecule has 5 nitrogen and oxygen atoms in total. The molecule has 0 aliphatic heterocycles. The lowest BCUT2D eigenvalue weighted by molar-refractivity contribution is -0.131. The molecular formula is C12H14ClNO4S. The first kappa shape index (κ1) is 15.7. The molecule has 0 radical (unpaired) electrons. The monoisotopic (exact) mass is 303 g/mol. The van der Waals surface area contributed by atoms with Crippen molar-refractivity contribution in [2.45, 2.75) is 18.2 Å². The van der Waals surface area contributed by atoms with Gasteiger partial charge in [-0.3, -0.25) is 0 Å². The van der Waals surface area contributed by atoms with E-state index in [-0.39, 0.29) is 9.92 Å². The van der Waals surface area contributed by atoms with E-state index in [2.05, 4.69) is 4.72 Å². The first-order valence-corrected chi connectivity index (χ1v) is 7.43. The molecule has 0 fully saturated rings. The summed E-state index contributed by atoms with van der Waals surface area (Å²) in [5.74, 6) is -1.09. The summed E-state index contributed by atoms with van der Waals surface area (Å²) >= 11 is 5.91. The van der Waals surface area contributed by atoms with Crippen molar-refractivity contribution in [2.75, 3.05) is 6.54 Å².